The standard InChI is InChI=1S/C18H21N3/c1-14(17-7-9-18(10-8-17)21(2)3)20-13-16-6-4-5-15(11-16)12-19/h4-11,14,20H,13H2,1-3H3. The van der Waals surface area contributed by atoms with Gasteiger partial charge in [-0.15, -0.1) is 0 Å². The van der Waals surface area contributed by atoms with Crippen LogP contribution < -0.4 is 10.2 Å². The van der Waals surface area contributed by atoms with Crippen LogP contribution in [0.2, 0.25) is 0 Å². The number of nitriles is 1. The lowest BCUT2D eigenvalue weighted by molar-refractivity contribution is 0.574. The third kappa shape index (κ3) is 4.08. The van der Waals surface area contributed by atoms with Gasteiger partial charge < -0.3 is 10.2 Å². The Morgan fingerprint density at radius 1 is 1.14 bits per heavy atom. The van der Waals surface area contributed by atoms with Gasteiger partial charge in [0, 0.05) is 32.4 Å². The van der Waals surface area contributed by atoms with Gasteiger partial charge in [0.25, 0.3) is 0 Å². The number of rotatable bonds is 5. The maximum absolute atomic E-state index is 8.91. The Hall–Kier alpha value is -2.31. The Balaban J connectivity index is 1.98. The average molecular weight is 279 g/mol. The summed E-state index contributed by atoms with van der Waals surface area (Å²) in [7, 11) is 4.08. The number of hydrogen-bond acceptors (Lipinski definition) is 3. The number of benzene rings is 2. The first kappa shape index (κ1) is 15.1. The summed E-state index contributed by atoms with van der Waals surface area (Å²) in [6.45, 7) is 2.91. The Bertz CT molecular complexity index is 624. The van der Waals surface area contributed by atoms with Crippen molar-refractivity contribution in [3.63, 3.8) is 0 Å². The Morgan fingerprint density at radius 2 is 1.86 bits per heavy atom. The molecule has 2 aromatic rings. The fourth-order valence-electron chi connectivity index (χ4n) is 2.20. The summed E-state index contributed by atoms with van der Waals surface area (Å²) in [5.74, 6) is 0. The van der Waals surface area contributed by atoms with Crippen LogP contribution in [0.15, 0.2) is 48.5 Å². The molecular formula is C18H21N3. The molecule has 0 heterocycles. The van der Waals surface area contributed by atoms with Crippen LogP contribution in [0.3, 0.4) is 0 Å². The van der Waals surface area contributed by atoms with Gasteiger partial charge in [0.05, 0.1) is 11.6 Å². The molecule has 3 nitrogen and oxygen atoms in total. The highest BCUT2D eigenvalue weighted by atomic mass is 15.1. The molecule has 0 saturated heterocycles. The van der Waals surface area contributed by atoms with E-state index in [4.69, 9.17) is 5.26 Å². The molecule has 2 rings (SSSR count). The van der Waals surface area contributed by atoms with Gasteiger partial charge in [-0.05, 0) is 42.3 Å². The molecule has 0 fully saturated rings. The first-order chi connectivity index (χ1) is 10.1. The lowest BCUT2D eigenvalue weighted by Crippen LogP contribution is -2.18. The summed E-state index contributed by atoms with van der Waals surface area (Å²) in [4.78, 5) is 2.09. The summed E-state index contributed by atoms with van der Waals surface area (Å²) in [5, 5.41) is 12.4. The van der Waals surface area contributed by atoms with Crippen LogP contribution in [0.1, 0.15) is 29.7 Å². The highest BCUT2D eigenvalue weighted by molar-refractivity contribution is 5.46. The summed E-state index contributed by atoms with van der Waals surface area (Å²) in [6.07, 6.45) is 0. The van der Waals surface area contributed by atoms with E-state index in [1.54, 1.807) is 0 Å². The minimum atomic E-state index is 0.270. The van der Waals surface area contributed by atoms with E-state index in [1.165, 1.54) is 11.3 Å². The van der Waals surface area contributed by atoms with Crippen LogP contribution in [0, 0.1) is 11.3 Å². The molecule has 2 aromatic carbocycles. The first-order valence-electron chi connectivity index (χ1n) is 7.10. The van der Waals surface area contributed by atoms with Gasteiger partial charge in [0.1, 0.15) is 0 Å². The fourth-order valence-corrected chi connectivity index (χ4v) is 2.20. The normalized spacial score (nSPS) is 11.7. The number of nitrogens with zero attached hydrogens (tertiary/aromatic N) is 2. The van der Waals surface area contributed by atoms with Gasteiger partial charge in [-0.25, -0.2) is 0 Å². The summed E-state index contributed by atoms with van der Waals surface area (Å²) >= 11 is 0. The predicted octanol–water partition coefficient (Wildman–Crippen LogP) is 3.48. The van der Waals surface area contributed by atoms with E-state index in [-0.39, 0.29) is 6.04 Å². The molecule has 1 atom stereocenters. The molecule has 0 aliphatic rings. The van der Waals surface area contributed by atoms with Gasteiger partial charge in [0.2, 0.25) is 0 Å². The topological polar surface area (TPSA) is 39.1 Å². The van der Waals surface area contributed by atoms with E-state index >= 15 is 0 Å². The van der Waals surface area contributed by atoms with E-state index in [0.29, 0.717) is 5.56 Å². The van der Waals surface area contributed by atoms with Crippen molar-refractivity contribution in [1.82, 2.24) is 5.32 Å². The smallest absolute Gasteiger partial charge is 0.0991 e. The molecular weight excluding hydrogens is 258 g/mol. The van der Waals surface area contributed by atoms with Crippen molar-refractivity contribution < 1.29 is 0 Å². The molecule has 3 heteroatoms. The minimum absolute atomic E-state index is 0.270. The third-order valence-corrected chi connectivity index (χ3v) is 3.58. The van der Waals surface area contributed by atoms with Crippen LogP contribution in [0.25, 0.3) is 0 Å². The number of nitrogens with one attached hydrogen (secondary N) is 1. The van der Waals surface area contributed by atoms with Crippen molar-refractivity contribution >= 4 is 5.69 Å². The maximum Gasteiger partial charge on any atom is 0.0991 e. The Labute approximate surface area is 126 Å². The van der Waals surface area contributed by atoms with Gasteiger partial charge in [-0.3, -0.25) is 0 Å². The summed E-state index contributed by atoms with van der Waals surface area (Å²) in [6, 6.07) is 18.7. The molecule has 0 bridgehead atoms. The molecule has 0 amide bonds. The van der Waals surface area contributed by atoms with Crippen molar-refractivity contribution in [2.75, 3.05) is 19.0 Å². The molecule has 21 heavy (non-hydrogen) atoms. The van der Waals surface area contributed by atoms with Gasteiger partial charge >= 0.3 is 0 Å². The minimum Gasteiger partial charge on any atom is -0.378 e. The lowest BCUT2D eigenvalue weighted by Gasteiger charge is -2.17. The monoisotopic (exact) mass is 279 g/mol. The van der Waals surface area contributed by atoms with Gasteiger partial charge in [-0.2, -0.15) is 5.26 Å². The van der Waals surface area contributed by atoms with Crippen LogP contribution in [-0.4, -0.2) is 14.1 Å². The van der Waals surface area contributed by atoms with E-state index in [9.17, 15) is 0 Å². The molecule has 1 unspecified atom stereocenters. The molecule has 0 aliphatic heterocycles. The SMILES string of the molecule is CC(NCc1cccc(C#N)c1)c1ccc(N(C)C)cc1. The van der Waals surface area contributed by atoms with Crippen LogP contribution in [0.4, 0.5) is 5.69 Å². The predicted molar refractivity (Wildman–Crippen MR) is 87.2 cm³/mol. The van der Waals surface area contributed by atoms with Crippen LogP contribution in [-0.2, 0) is 6.54 Å². The van der Waals surface area contributed by atoms with Crippen molar-refractivity contribution in [3.05, 3.63) is 65.2 Å². The first-order valence-corrected chi connectivity index (χ1v) is 7.10. The number of hydrogen-bond donors (Lipinski definition) is 1. The van der Waals surface area contributed by atoms with Crippen LogP contribution >= 0.6 is 0 Å². The Morgan fingerprint density at radius 3 is 2.48 bits per heavy atom. The average Bonchev–Trinajstić information content (AvgIpc) is 2.53. The van der Waals surface area contributed by atoms with Crippen molar-refractivity contribution in [2.45, 2.75) is 19.5 Å². The van der Waals surface area contributed by atoms with E-state index in [1.807, 2.05) is 38.4 Å². The second-order valence-electron chi connectivity index (χ2n) is 5.40. The second kappa shape index (κ2) is 6.92. The van der Waals surface area contributed by atoms with Gasteiger partial charge in [0.15, 0.2) is 0 Å². The zero-order valence-electron chi connectivity index (χ0n) is 12.8. The van der Waals surface area contributed by atoms with Crippen molar-refractivity contribution in [3.8, 4) is 6.07 Å². The maximum atomic E-state index is 8.91. The van der Waals surface area contributed by atoms with Crippen LogP contribution in [0.5, 0.6) is 0 Å². The Kier molecular flexibility index (Phi) is 4.97. The molecule has 0 saturated carbocycles. The molecule has 0 aliphatic carbocycles. The van der Waals surface area contributed by atoms with Crippen molar-refractivity contribution in [2.24, 2.45) is 0 Å². The summed E-state index contributed by atoms with van der Waals surface area (Å²) < 4.78 is 0. The molecule has 0 radical (unpaired) electrons. The number of anilines is 1. The van der Waals surface area contributed by atoms with E-state index in [0.717, 1.165) is 12.1 Å². The summed E-state index contributed by atoms with van der Waals surface area (Å²) in [5.41, 5.74) is 4.30. The zero-order chi connectivity index (χ0) is 15.2. The lowest BCUT2D eigenvalue weighted by atomic mass is 10.1. The van der Waals surface area contributed by atoms with Gasteiger partial charge in [-0.1, -0.05) is 24.3 Å². The molecule has 0 spiro atoms. The zero-order valence-corrected chi connectivity index (χ0v) is 12.8. The highest BCUT2D eigenvalue weighted by Crippen LogP contribution is 2.18. The third-order valence-electron chi connectivity index (χ3n) is 3.58. The van der Waals surface area contributed by atoms with Crippen molar-refractivity contribution in [1.29, 1.82) is 5.26 Å². The molecule has 0 aromatic heterocycles. The van der Waals surface area contributed by atoms with E-state index in [2.05, 4.69) is 47.5 Å². The molecule has 108 valence electrons. The fraction of sp³-hybridized carbons (Fsp3) is 0.278. The quantitative estimate of drug-likeness (QED) is 0.910. The largest absolute Gasteiger partial charge is 0.378 e. The second-order valence-corrected chi connectivity index (χ2v) is 5.40. The van der Waals surface area contributed by atoms with E-state index < -0.39 is 0 Å². The molecule has 1 N–H and O–H groups in total. The highest BCUT2D eigenvalue weighted by Gasteiger charge is 2.05.